The van der Waals surface area contributed by atoms with Crippen LogP contribution in [0, 0.1) is 5.41 Å². The lowest BCUT2D eigenvalue weighted by molar-refractivity contribution is -0.137. The summed E-state index contributed by atoms with van der Waals surface area (Å²) in [7, 11) is 0. The molecule has 2 aromatic carbocycles. The highest BCUT2D eigenvalue weighted by molar-refractivity contribution is 5.67. The summed E-state index contributed by atoms with van der Waals surface area (Å²) in [6.45, 7) is 0.649. The maximum Gasteiger partial charge on any atom is 0.303 e. The number of fused-ring (bicyclic) bond motifs is 2. The molecular weight excluding hydrogens is 336 g/mol. The fraction of sp³-hybridized carbons (Fsp3) is 0.458. The third-order valence-electron chi connectivity index (χ3n) is 6.65. The average Bonchev–Trinajstić information content (AvgIpc) is 3.24. The largest absolute Gasteiger partial charge is 0.481 e. The maximum atomic E-state index is 10.8. The van der Waals surface area contributed by atoms with Crippen molar-refractivity contribution in [2.75, 3.05) is 0 Å². The summed E-state index contributed by atoms with van der Waals surface area (Å²) < 4.78 is 6.57. The quantitative estimate of drug-likeness (QED) is 0.641. The van der Waals surface area contributed by atoms with Crippen molar-refractivity contribution in [1.82, 2.24) is 0 Å². The predicted octanol–water partition coefficient (Wildman–Crippen LogP) is 5.83. The minimum absolute atomic E-state index is 0.00697. The Hall–Kier alpha value is -2.13. The zero-order chi connectivity index (χ0) is 18.7. The minimum atomic E-state index is -0.678. The number of hydrogen-bond acceptors (Lipinski definition) is 2. The van der Waals surface area contributed by atoms with Crippen LogP contribution in [0.3, 0.4) is 0 Å². The number of carbonyl (C=O) groups is 1. The molecule has 2 bridgehead atoms. The summed E-state index contributed by atoms with van der Waals surface area (Å²) in [6.07, 6.45) is 7.83. The second-order valence-electron chi connectivity index (χ2n) is 8.42. The molecule has 0 amide bonds. The highest BCUT2D eigenvalue weighted by Crippen LogP contribution is 2.60. The molecule has 0 radical (unpaired) electrons. The molecule has 0 atom stereocenters. The third-order valence-corrected chi connectivity index (χ3v) is 6.65. The van der Waals surface area contributed by atoms with Gasteiger partial charge < -0.3 is 9.84 Å². The zero-order valence-electron chi connectivity index (χ0n) is 15.8. The van der Waals surface area contributed by atoms with E-state index in [1.165, 1.54) is 29.5 Å². The number of aliphatic carboxylic acids is 1. The molecule has 1 N–H and O–H groups in total. The number of carboxylic acids is 1. The van der Waals surface area contributed by atoms with Gasteiger partial charge in [-0.1, -0.05) is 54.6 Å². The van der Waals surface area contributed by atoms with Gasteiger partial charge in [0.2, 0.25) is 0 Å². The Kier molecular flexibility index (Phi) is 5.05. The van der Waals surface area contributed by atoms with Crippen LogP contribution >= 0.6 is 0 Å². The van der Waals surface area contributed by atoms with Crippen molar-refractivity contribution < 1.29 is 14.6 Å². The molecule has 142 valence electrons. The average molecular weight is 364 g/mol. The molecule has 2 aromatic rings. The van der Waals surface area contributed by atoms with Gasteiger partial charge in [-0.25, -0.2) is 0 Å². The first-order chi connectivity index (χ1) is 13.1. The molecule has 27 heavy (non-hydrogen) atoms. The van der Waals surface area contributed by atoms with Crippen molar-refractivity contribution in [1.29, 1.82) is 0 Å². The van der Waals surface area contributed by atoms with Crippen LogP contribution in [-0.2, 0) is 16.1 Å². The van der Waals surface area contributed by atoms with Crippen LogP contribution in [0.1, 0.15) is 56.9 Å². The van der Waals surface area contributed by atoms with Crippen molar-refractivity contribution in [3.63, 3.8) is 0 Å². The fourth-order valence-electron chi connectivity index (χ4n) is 5.20. The topological polar surface area (TPSA) is 46.5 Å². The van der Waals surface area contributed by atoms with Gasteiger partial charge in [-0.2, -0.15) is 0 Å². The maximum absolute atomic E-state index is 10.8. The van der Waals surface area contributed by atoms with Gasteiger partial charge in [-0.15, -0.1) is 0 Å². The van der Waals surface area contributed by atoms with Gasteiger partial charge in [0.25, 0.3) is 0 Å². The van der Waals surface area contributed by atoms with E-state index < -0.39 is 5.97 Å². The number of rotatable bonds is 8. The van der Waals surface area contributed by atoms with E-state index >= 15 is 0 Å². The van der Waals surface area contributed by atoms with Gasteiger partial charge in [-0.05, 0) is 67.1 Å². The fourth-order valence-corrected chi connectivity index (χ4v) is 5.20. The first kappa shape index (κ1) is 18.2. The van der Waals surface area contributed by atoms with Crippen molar-refractivity contribution >= 4 is 5.97 Å². The second kappa shape index (κ2) is 7.47. The Balaban J connectivity index is 1.41. The summed E-state index contributed by atoms with van der Waals surface area (Å²) in [6, 6.07) is 19.0. The van der Waals surface area contributed by atoms with Crippen LogP contribution < -0.4 is 0 Å². The Morgan fingerprint density at radius 2 is 1.67 bits per heavy atom. The van der Waals surface area contributed by atoms with Crippen molar-refractivity contribution in [2.24, 2.45) is 5.41 Å². The van der Waals surface area contributed by atoms with E-state index in [4.69, 9.17) is 9.84 Å². The molecular formula is C24H28O3. The number of hydrogen-bond donors (Lipinski definition) is 1. The first-order valence-electron chi connectivity index (χ1n) is 10.1. The van der Waals surface area contributed by atoms with Crippen LogP contribution in [0.2, 0.25) is 0 Å². The first-order valence-corrected chi connectivity index (χ1v) is 10.1. The van der Waals surface area contributed by atoms with Crippen molar-refractivity contribution in [2.45, 2.75) is 63.6 Å². The molecule has 3 nitrogen and oxygen atoms in total. The summed E-state index contributed by atoms with van der Waals surface area (Å²) >= 11 is 0. The predicted molar refractivity (Wildman–Crippen MR) is 106 cm³/mol. The van der Waals surface area contributed by atoms with E-state index in [-0.39, 0.29) is 5.60 Å². The molecule has 2 fully saturated rings. The molecule has 2 aliphatic rings. The van der Waals surface area contributed by atoms with E-state index in [2.05, 4.69) is 48.5 Å². The van der Waals surface area contributed by atoms with Gasteiger partial charge in [0, 0.05) is 6.42 Å². The zero-order valence-corrected chi connectivity index (χ0v) is 15.8. The summed E-state index contributed by atoms with van der Waals surface area (Å²) in [5.74, 6) is -0.678. The molecule has 2 saturated carbocycles. The minimum Gasteiger partial charge on any atom is -0.481 e. The molecule has 4 rings (SSSR count). The van der Waals surface area contributed by atoms with E-state index in [0.717, 1.165) is 32.1 Å². The molecule has 3 heteroatoms. The lowest BCUT2D eigenvalue weighted by Crippen LogP contribution is -2.26. The van der Waals surface area contributed by atoms with Gasteiger partial charge in [0.05, 0.1) is 12.2 Å². The van der Waals surface area contributed by atoms with Gasteiger partial charge >= 0.3 is 5.97 Å². The van der Waals surface area contributed by atoms with Crippen LogP contribution in [-0.4, -0.2) is 16.7 Å². The Labute approximate surface area is 161 Å². The number of benzene rings is 2. The van der Waals surface area contributed by atoms with Crippen molar-refractivity contribution in [3.05, 3.63) is 60.2 Å². The molecule has 0 spiro atoms. The highest BCUT2D eigenvalue weighted by Gasteiger charge is 2.54. The van der Waals surface area contributed by atoms with E-state index in [0.29, 0.717) is 18.4 Å². The highest BCUT2D eigenvalue weighted by atomic mass is 16.5. The molecule has 0 heterocycles. The Morgan fingerprint density at radius 3 is 2.41 bits per heavy atom. The SMILES string of the molecule is O=C(O)CCCC12CCC(OCc3ccccc3-c3ccccc3)(CC1)C2. The molecule has 0 saturated heterocycles. The number of ether oxygens (including phenoxy) is 1. The van der Waals surface area contributed by atoms with Gasteiger partial charge in [0.1, 0.15) is 0 Å². The Bertz CT molecular complexity index is 788. The normalized spacial score (nSPS) is 26.4. The molecule has 0 aliphatic heterocycles. The number of carboxylic acid groups (broad SMARTS) is 1. The van der Waals surface area contributed by atoms with Crippen molar-refractivity contribution in [3.8, 4) is 11.1 Å². The summed E-state index contributed by atoms with van der Waals surface area (Å²) in [5.41, 5.74) is 4.06. The lowest BCUT2D eigenvalue weighted by atomic mass is 9.80. The molecule has 2 aliphatic carbocycles. The van der Waals surface area contributed by atoms with Crippen LogP contribution in [0.15, 0.2) is 54.6 Å². The van der Waals surface area contributed by atoms with E-state index in [1.54, 1.807) is 0 Å². The molecule has 0 aromatic heterocycles. The summed E-state index contributed by atoms with van der Waals surface area (Å²) in [4.78, 5) is 10.8. The van der Waals surface area contributed by atoms with E-state index in [9.17, 15) is 4.79 Å². The van der Waals surface area contributed by atoms with E-state index in [1.807, 2.05) is 6.07 Å². The summed E-state index contributed by atoms with van der Waals surface area (Å²) in [5, 5.41) is 8.91. The standard InChI is InChI=1S/C24H28O3/c25-22(26)11-6-12-23-13-15-24(18-23,16-14-23)27-17-20-9-4-5-10-21(20)19-7-2-1-3-8-19/h1-5,7-10H,6,11-18H2,(H,25,26). The lowest BCUT2D eigenvalue weighted by Gasteiger charge is -2.28. The second-order valence-corrected chi connectivity index (χ2v) is 8.42. The van der Waals surface area contributed by atoms with Crippen LogP contribution in [0.5, 0.6) is 0 Å². The monoisotopic (exact) mass is 364 g/mol. The molecule has 0 unspecified atom stereocenters. The Morgan fingerprint density at radius 1 is 0.963 bits per heavy atom. The van der Waals surface area contributed by atoms with Crippen LogP contribution in [0.25, 0.3) is 11.1 Å². The smallest absolute Gasteiger partial charge is 0.303 e. The van der Waals surface area contributed by atoms with Crippen LogP contribution in [0.4, 0.5) is 0 Å². The van der Waals surface area contributed by atoms with Gasteiger partial charge in [0.15, 0.2) is 0 Å². The van der Waals surface area contributed by atoms with Gasteiger partial charge in [-0.3, -0.25) is 4.79 Å². The third kappa shape index (κ3) is 3.93.